The van der Waals surface area contributed by atoms with Crippen molar-refractivity contribution in [1.82, 2.24) is 0 Å². The average molecular weight is 457 g/mol. The summed E-state index contributed by atoms with van der Waals surface area (Å²) in [5.41, 5.74) is 1.33. The van der Waals surface area contributed by atoms with Crippen LogP contribution in [0.4, 0.5) is 10.5 Å². The van der Waals surface area contributed by atoms with Crippen molar-refractivity contribution in [3.05, 3.63) is 71.8 Å². The number of para-hydroxylation sites is 1. The van der Waals surface area contributed by atoms with Crippen molar-refractivity contribution in [3.63, 3.8) is 0 Å². The van der Waals surface area contributed by atoms with E-state index in [0.29, 0.717) is 22.6 Å². The zero-order valence-corrected chi connectivity index (χ0v) is 18.4. The summed E-state index contributed by atoms with van der Waals surface area (Å²) in [6.45, 7) is 3.19. The van der Waals surface area contributed by atoms with Crippen molar-refractivity contribution in [2.24, 2.45) is 0 Å². The van der Waals surface area contributed by atoms with E-state index >= 15 is 0 Å². The first-order chi connectivity index (χ1) is 15.8. The predicted molar refractivity (Wildman–Crippen MR) is 121 cm³/mol. The highest BCUT2D eigenvalue weighted by Crippen LogP contribution is 2.32. The standard InChI is InChI=1S/C24H27NO8/c1-3-31-21(12-13-22(28)29)23(19-6-4-5-7-20(19)32-15-14-26)33-24(30)25-18-10-8-17(9-11-18)16(2)27/h4-13,21,23,26H,3,14-15H2,1-2H3,(H,25,30)(H,28,29)/b13-12+/t21-,23-/m0/s1. The Labute approximate surface area is 191 Å². The lowest BCUT2D eigenvalue weighted by Gasteiger charge is -2.26. The van der Waals surface area contributed by atoms with Gasteiger partial charge in [-0.05, 0) is 50.3 Å². The third-order valence-electron chi connectivity index (χ3n) is 4.43. The van der Waals surface area contributed by atoms with E-state index in [0.717, 1.165) is 6.08 Å². The van der Waals surface area contributed by atoms with E-state index in [1.165, 1.54) is 13.0 Å². The number of carbonyl (C=O) groups is 3. The van der Waals surface area contributed by atoms with Gasteiger partial charge in [-0.2, -0.15) is 0 Å². The van der Waals surface area contributed by atoms with Crippen LogP contribution in [0.1, 0.15) is 35.9 Å². The maximum absolute atomic E-state index is 12.7. The number of carboxylic acid groups (broad SMARTS) is 1. The fraction of sp³-hybridized carbons (Fsp3) is 0.292. The van der Waals surface area contributed by atoms with Crippen LogP contribution in [0.2, 0.25) is 0 Å². The van der Waals surface area contributed by atoms with Crippen molar-refractivity contribution in [1.29, 1.82) is 0 Å². The lowest BCUT2D eigenvalue weighted by molar-refractivity contribution is -0.131. The molecule has 9 heteroatoms. The molecule has 0 saturated heterocycles. The lowest BCUT2D eigenvalue weighted by Crippen LogP contribution is -2.28. The van der Waals surface area contributed by atoms with Crippen LogP contribution >= 0.6 is 0 Å². The maximum atomic E-state index is 12.7. The number of ketones is 1. The molecular formula is C24H27NO8. The number of hydrogen-bond donors (Lipinski definition) is 3. The molecule has 0 radical (unpaired) electrons. The van der Waals surface area contributed by atoms with Crippen LogP contribution in [-0.4, -0.2) is 54.0 Å². The number of nitrogens with one attached hydrogen (secondary N) is 1. The third kappa shape index (κ3) is 8.06. The Morgan fingerprint density at radius 1 is 1.09 bits per heavy atom. The molecule has 0 bridgehead atoms. The molecule has 0 aromatic heterocycles. The number of Topliss-reactive ketones (excluding diaryl/α,β-unsaturated/α-hetero) is 1. The van der Waals surface area contributed by atoms with E-state index in [1.807, 2.05) is 0 Å². The van der Waals surface area contributed by atoms with E-state index in [-0.39, 0.29) is 25.6 Å². The Bertz CT molecular complexity index is 971. The summed E-state index contributed by atoms with van der Waals surface area (Å²) >= 11 is 0. The van der Waals surface area contributed by atoms with Gasteiger partial charge >= 0.3 is 12.1 Å². The van der Waals surface area contributed by atoms with Gasteiger partial charge in [0.05, 0.1) is 6.61 Å². The molecule has 0 aliphatic carbocycles. The van der Waals surface area contributed by atoms with Crippen LogP contribution in [0.25, 0.3) is 0 Å². The second-order valence-corrected chi connectivity index (χ2v) is 6.81. The second-order valence-electron chi connectivity index (χ2n) is 6.81. The van der Waals surface area contributed by atoms with Crippen LogP contribution in [0, 0.1) is 0 Å². The number of ether oxygens (including phenoxy) is 3. The fourth-order valence-electron chi connectivity index (χ4n) is 2.97. The third-order valence-corrected chi connectivity index (χ3v) is 4.43. The van der Waals surface area contributed by atoms with Gasteiger partial charge in [0.15, 0.2) is 11.9 Å². The molecule has 0 saturated carbocycles. The summed E-state index contributed by atoms with van der Waals surface area (Å²) in [7, 11) is 0. The highest BCUT2D eigenvalue weighted by Gasteiger charge is 2.29. The number of carboxylic acids is 1. The zero-order valence-electron chi connectivity index (χ0n) is 18.4. The molecule has 0 aliphatic rings. The summed E-state index contributed by atoms with van der Waals surface area (Å²) < 4.78 is 16.9. The first kappa shape index (κ1) is 25.6. The topological polar surface area (TPSA) is 131 Å². The highest BCUT2D eigenvalue weighted by molar-refractivity contribution is 5.95. The minimum Gasteiger partial charge on any atom is -0.491 e. The van der Waals surface area contributed by atoms with Crippen molar-refractivity contribution in [3.8, 4) is 5.75 Å². The van der Waals surface area contributed by atoms with Gasteiger partial charge in [0.2, 0.25) is 0 Å². The van der Waals surface area contributed by atoms with Gasteiger partial charge in [-0.3, -0.25) is 10.1 Å². The summed E-state index contributed by atoms with van der Waals surface area (Å²) in [4.78, 5) is 35.2. The van der Waals surface area contributed by atoms with Crippen molar-refractivity contribution < 1.29 is 38.8 Å². The molecule has 2 aromatic rings. The molecule has 0 unspecified atom stereocenters. The number of rotatable bonds is 12. The largest absolute Gasteiger partial charge is 0.491 e. The number of hydrogen-bond acceptors (Lipinski definition) is 7. The zero-order chi connectivity index (χ0) is 24.2. The number of aliphatic hydroxyl groups is 1. The highest BCUT2D eigenvalue weighted by atomic mass is 16.6. The molecule has 9 nitrogen and oxygen atoms in total. The Morgan fingerprint density at radius 3 is 2.39 bits per heavy atom. The Morgan fingerprint density at radius 2 is 1.79 bits per heavy atom. The van der Waals surface area contributed by atoms with Crippen molar-refractivity contribution in [2.45, 2.75) is 26.1 Å². The maximum Gasteiger partial charge on any atom is 0.412 e. The lowest BCUT2D eigenvalue weighted by atomic mass is 10.0. The van der Waals surface area contributed by atoms with Crippen LogP contribution in [-0.2, 0) is 14.3 Å². The van der Waals surface area contributed by atoms with Gasteiger partial charge in [0.25, 0.3) is 0 Å². The van der Waals surface area contributed by atoms with Gasteiger partial charge in [0, 0.05) is 29.5 Å². The molecule has 0 spiro atoms. The number of anilines is 1. The van der Waals surface area contributed by atoms with E-state index in [2.05, 4.69) is 5.32 Å². The molecule has 3 N–H and O–H groups in total. The number of benzene rings is 2. The van der Waals surface area contributed by atoms with Crippen molar-refractivity contribution >= 4 is 23.5 Å². The molecule has 0 heterocycles. The molecular weight excluding hydrogens is 430 g/mol. The summed E-state index contributed by atoms with van der Waals surface area (Å²) in [5, 5.41) is 20.8. The SMILES string of the molecule is CCO[C@@H](/C=C/C(=O)O)[C@@H](OC(=O)Nc1ccc(C(C)=O)cc1)c1ccccc1OCCO. The summed E-state index contributed by atoms with van der Waals surface area (Å²) in [6, 6.07) is 13.0. The van der Waals surface area contributed by atoms with Gasteiger partial charge in [-0.1, -0.05) is 18.2 Å². The number of amides is 1. The average Bonchev–Trinajstić information content (AvgIpc) is 2.79. The minimum atomic E-state index is -1.18. The van der Waals surface area contributed by atoms with E-state index in [4.69, 9.17) is 24.4 Å². The summed E-state index contributed by atoms with van der Waals surface area (Å²) in [6.07, 6.45) is -0.621. The molecule has 176 valence electrons. The Hall–Kier alpha value is -3.69. The van der Waals surface area contributed by atoms with Crippen molar-refractivity contribution in [2.75, 3.05) is 25.1 Å². The van der Waals surface area contributed by atoms with E-state index in [1.54, 1.807) is 55.5 Å². The Kier molecular flexibility index (Phi) is 10.1. The first-order valence-corrected chi connectivity index (χ1v) is 10.3. The second kappa shape index (κ2) is 13.0. The number of carbonyl (C=O) groups excluding carboxylic acids is 2. The molecule has 2 aromatic carbocycles. The number of aliphatic carboxylic acids is 1. The van der Waals surface area contributed by atoms with E-state index in [9.17, 15) is 14.4 Å². The van der Waals surface area contributed by atoms with E-state index < -0.39 is 24.3 Å². The molecule has 0 aliphatic heterocycles. The summed E-state index contributed by atoms with van der Waals surface area (Å²) in [5.74, 6) is -0.935. The first-order valence-electron chi connectivity index (χ1n) is 10.3. The van der Waals surface area contributed by atoms with Crippen LogP contribution < -0.4 is 10.1 Å². The molecule has 0 fully saturated rings. The van der Waals surface area contributed by atoms with Crippen LogP contribution in [0.5, 0.6) is 5.75 Å². The quantitative estimate of drug-likeness (QED) is 0.325. The smallest absolute Gasteiger partial charge is 0.412 e. The molecule has 33 heavy (non-hydrogen) atoms. The number of aliphatic hydroxyl groups excluding tert-OH is 1. The molecule has 2 rings (SSSR count). The van der Waals surface area contributed by atoms with Gasteiger partial charge < -0.3 is 24.4 Å². The minimum absolute atomic E-state index is 0.0166. The normalized spacial score (nSPS) is 12.7. The Balaban J connectivity index is 2.34. The molecule has 2 atom stereocenters. The molecule has 1 amide bonds. The van der Waals surface area contributed by atoms with Gasteiger partial charge in [0.1, 0.15) is 18.5 Å². The van der Waals surface area contributed by atoms with Crippen LogP contribution in [0.3, 0.4) is 0 Å². The fourth-order valence-corrected chi connectivity index (χ4v) is 2.97. The van der Waals surface area contributed by atoms with Gasteiger partial charge in [-0.15, -0.1) is 0 Å². The van der Waals surface area contributed by atoms with Gasteiger partial charge in [-0.25, -0.2) is 9.59 Å². The monoisotopic (exact) mass is 457 g/mol. The predicted octanol–water partition coefficient (Wildman–Crippen LogP) is 3.60. The van der Waals surface area contributed by atoms with Crippen LogP contribution in [0.15, 0.2) is 60.7 Å².